The van der Waals surface area contributed by atoms with E-state index in [2.05, 4.69) is 0 Å². The summed E-state index contributed by atoms with van der Waals surface area (Å²) < 4.78 is 12.0. The summed E-state index contributed by atoms with van der Waals surface area (Å²) in [5, 5.41) is -0.321. The van der Waals surface area contributed by atoms with Crippen molar-refractivity contribution >= 4 is 22.7 Å². The molecule has 0 radical (unpaired) electrons. The van der Waals surface area contributed by atoms with E-state index in [-0.39, 0.29) is 11.1 Å². The zero-order chi connectivity index (χ0) is 14.1. The number of aromatic nitrogens is 1. The highest BCUT2D eigenvalue weighted by Crippen LogP contribution is 2.30. The van der Waals surface area contributed by atoms with E-state index in [0.717, 1.165) is 23.1 Å². The molecule has 3 aromatic rings. The average molecular weight is 292 g/mol. The van der Waals surface area contributed by atoms with Crippen molar-refractivity contribution in [2.24, 2.45) is 0 Å². The van der Waals surface area contributed by atoms with E-state index >= 15 is 0 Å². The summed E-state index contributed by atoms with van der Waals surface area (Å²) in [5.74, 6) is -0.326. The van der Waals surface area contributed by atoms with Crippen LogP contribution in [0.2, 0.25) is 0 Å². The van der Waals surface area contributed by atoms with Crippen LogP contribution in [-0.2, 0) is 6.54 Å². The zero-order valence-electron chi connectivity index (χ0n) is 11.0. The quantitative estimate of drug-likeness (QED) is 0.684. The van der Waals surface area contributed by atoms with Gasteiger partial charge in [0, 0.05) is 12.1 Å². The molecule has 0 saturated carbocycles. The first kappa shape index (κ1) is 13.1. The molecule has 0 aliphatic heterocycles. The fourth-order valence-corrected chi connectivity index (χ4v) is 2.55. The van der Waals surface area contributed by atoms with Crippen LogP contribution < -0.4 is 5.76 Å². The van der Waals surface area contributed by atoms with Gasteiger partial charge in [-0.1, -0.05) is 13.0 Å². The van der Waals surface area contributed by atoms with Gasteiger partial charge in [0.15, 0.2) is 5.58 Å². The minimum Gasteiger partial charge on any atom is -0.472 e. The van der Waals surface area contributed by atoms with Crippen LogP contribution in [0.4, 0.5) is 0 Å². The second kappa shape index (κ2) is 5.21. The fraction of sp³-hybridized carbons (Fsp3) is 0.267. The Bertz CT molecular complexity index is 770. The first-order valence-electron chi connectivity index (χ1n) is 6.50. The minimum atomic E-state index is -0.326. The molecule has 0 spiro atoms. The summed E-state index contributed by atoms with van der Waals surface area (Å²) in [6.07, 6.45) is 4.07. The number of fused-ring (bicyclic) bond motifs is 1. The van der Waals surface area contributed by atoms with Crippen LogP contribution >= 0.6 is 11.6 Å². The maximum Gasteiger partial charge on any atom is 0.419 e. The van der Waals surface area contributed by atoms with Crippen molar-refractivity contribution in [3.63, 3.8) is 0 Å². The molecule has 0 aliphatic carbocycles. The van der Waals surface area contributed by atoms with Crippen molar-refractivity contribution in [1.29, 1.82) is 0 Å². The Kier molecular flexibility index (Phi) is 3.40. The molecule has 0 amide bonds. The molecule has 0 bridgehead atoms. The smallest absolute Gasteiger partial charge is 0.419 e. The number of halogens is 1. The number of hydrogen-bond acceptors (Lipinski definition) is 3. The normalized spacial score (nSPS) is 12.9. The first-order chi connectivity index (χ1) is 9.70. The second-order valence-corrected chi connectivity index (χ2v) is 5.10. The highest BCUT2D eigenvalue weighted by atomic mass is 35.5. The van der Waals surface area contributed by atoms with Crippen LogP contribution in [0.15, 0.2) is 50.4 Å². The van der Waals surface area contributed by atoms with Crippen LogP contribution in [0, 0.1) is 0 Å². The summed E-state index contributed by atoms with van der Waals surface area (Å²) in [4.78, 5) is 11.8. The van der Waals surface area contributed by atoms with Gasteiger partial charge in [-0.05, 0) is 30.2 Å². The third-order valence-corrected chi connectivity index (χ3v) is 3.77. The summed E-state index contributed by atoms with van der Waals surface area (Å²) in [7, 11) is 0. The van der Waals surface area contributed by atoms with Crippen molar-refractivity contribution in [1.82, 2.24) is 4.57 Å². The molecule has 1 aromatic carbocycles. The molecular weight excluding hydrogens is 278 g/mol. The number of furan rings is 1. The predicted octanol–water partition coefficient (Wildman–Crippen LogP) is 3.93. The fourth-order valence-electron chi connectivity index (χ4n) is 2.29. The molecule has 3 rings (SSSR count). The Morgan fingerprint density at radius 2 is 2.15 bits per heavy atom. The number of rotatable bonds is 4. The molecule has 20 heavy (non-hydrogen) atoms. The second-order valence-electron chi connectivity index (χ2n) is 4.67. The SMILES string of the molecule is CCCn1c(=O)oc2cc(C(Cl)c3ccoc3)ccc21. The third-order valence-electron chi connectivity index (χ3n) is 3.27. The highest BCUT2D eigenvalue weighted by Gasteiger charge is 2.15. The number of nitrogens with zero attached hydrogens (tertiary/aromatic N) is 1. The molecule has 0 fully saturated rings. The summed E-state index contributed by atoms with van der Waals surface area (Å²) in [6, 6.07) is 7.42. The van der Waals surface area contributed by atoms with Gasteiger partial charge in [-0.15, -0.1) is 11.6 Å². The molecule has 1 unspecified atom stereocenters. The molecule has 4 nitrogen and oxygen atoms in total. The van der Waals surface area contributed by atoms with Gasteiger partial charge in [0.05, 0.1) is 23.4 Å². The average Bonchev–Trinajstić information content (AvgIpc) is 3.07. The number of benzene rings is 1. The van der Waals surface area contributed by atoms with Crippen molar-refractivity contribution in [2.45, 2.75) is 25.3 Å². The lowest BCUT2D eigenvalue weighted by Gasteiger charge is -2.07. The van der Waals surface area contributed by atoms with E-state index in [1.54, 1.807) is 17.1 Å². The van der Waals surface area contributed by atoms with Crippen LogP contribution in [0.1, 0.15) is 29.8 Å². The standard InChI is InChI=1S/C15H14ClNO3/c1-2-6-17-12-4-3-10(8-13(12)20-15(17)18)14(16)11-5-7-19-9-11/h3-5,7-9,14H,2,6H2,1H3. The number of alkyl halides is 1. The number of aryl methyl sites for hydroxylation is 1. The van der Waals surface area contributed by atoms with E-state index in [9.17, 15) is 4.79 Å². The van der Waals surface area contributed by atoms with E-state index < -0.39 is 0 Å². The van der Waals surface area contributed by atoms with Crippen LogP contribution in [0.25, 0.3) is 11.1 Å². The third kappa shape index (κ3) is 2.16. The van der Waals surface area contributed by atoms with Crippen molar-refractivity contribution in [2.75, 3.05) is 0 Å². The van der Waals surface area contributed by atoms with Crippen molar-refractivity contribution < 1.29 is 8.83 Å². The van der Waals surface area contributed by atoms with Gasteiger partial charge in [-0.25, -0.2) is 4.79 Å². The Balaban J connectivity index is 2.06. The highest BCUT2D eigenvalue weighted by molar-refractivity contribution is 6.22. The molecule has 0 aliphatic rings. The molecule has 0 N–H and O–H groups in total. The van der Waals surface area contributed by atoms with Gasteiger partial charge in [0.25, 0.3) is 0 Å². The van der Waals surface area contributed by atoms with E-state index in [1.807, 2.05) is 31.2 Å². The maximum atomic E-state index is 11.8. The van der Waals surface area contributed by atoms with Crippen LogP contribution in [-0.4, -0.2) is 4.57 Å². The Morgan fingerprint density at radius 1 is 1.30 bits per heavy atom. The molecule has 1 atom stereocenters. The molecule has 0 saturated heterocycles. The monoisotopic (exact) mass is 291 g/mol. The van der Waals surface area contributed by atoms with Gasteiger partial charge < -0.3 is 8.83 Å². The molecule has 2 aromatic heterocycles. The molecule has 2 heterocycles. The van der Waals surface area contributed by atoms with Gasteiger partial charge in [-0.2, -0.15) is 0 Å². The lowest BCUT2D eigenvalue weighted by molar-refractivity contribution is 0.502. The molecular formula is C15H14ClNO3. The summed E-state index contributed by atoms with van der Waals surface area (Å²) in [6.45, 7) is 2.67. The van der Waals surface area contributed by atoms with Crippen molar-refractivity contribution in [3.8, 4) is 0 Å². The Morgan fingerprint density at radius 3 is 2.85 bits per heavy atom. The van der Waals surface area contributed by atoms with Crippen LogP contribution in [0.5, 0.6) is 0 Å². The van der Waals surface area contributed by atoms with Gasteiger partial charge in [0.1, 0.15) is 0 Å². The van der Waals surface area contributed by atoms with Crippen LogP contribution in [0.3, 0.4) is 0 Å². The van der Waals surface area contributed by atoms with Gasteiger partial charge in [0.2, 0.25) is 0 Å². The Hall–Kier alpha value is -1.94. The largest absolute Gasteiger partial charge is 0.472 e. The topological polar surface area (TPSA) is 48.3 Å². The lowest BCUT2D eigenvalue weighted by Crippen LogP contribution is -2.13. The molecule has 5 heteroatoms. The molecule has 104 valence electrons. The van der Waals surface area contributed by atoms with E-state index in [0.29, 0.717) is 12.1 Å². The van der Waals surface area contributed by atoms with E-state index in [1.165, 1.54) is 0 Å². The maximum absolute atomic E-state index is 11.8. The predicted molar refractivity (Wildman–Crippen MR) is 77.2 cm³/mol. The lowest BCUT2D eigenvalue weighted by atomic mass is 10.1. The minimum absolute atomic E-state index is 0.321. The van der Waals surface area contributed by atoms with E-state index in [4.69, 9.17) is 20.4 Å². The number of oxazole rings is 1. The summed E-state index contributed by atoms with van der Waals surface area (Å²) >= 11 is 6.39. The zero-order valence-corrected chi connectivity index (χ0v) is 11.8. The summed E-state index contributed by atoms with van der Waals surface area (Å²) in [5.41, 5.74) is 3.12. The first-order valence-corrected chi connectivity index (χ1v) is 6.94. The van der Waals surface area contributed by atoms with Crippen molar-refractivity contribution in [3.05, 3.63) is 58.5 Å². The van der Waals surface area contributed by atoms with Gasteiger partial charge in [-0.3, -0.25) is 4.57 Å². The van der Waals surface area contributed by atoms with Gasteiger partial charge >= 0.3 is 5.76 Å². The Labute approximate surface area is 120 Å². The number of hydrogen-bond donors (Lipinski definition) is 0.